The molecule has 1 fully saturated rings. The van der Waals surface area contributed by atoms with Gasteiger partial charge >= 0.3 is 6.03 Å². The number of hydrogen-bond acceptors (Lipinski definition) is 4. The molecule has 1 aromatic heterocycles. The summed E-state index contributed by atoms with van der Waals surface area (Å²) in [7, 11) is 1.56. The Bertz CT molecular complexity index is 545. The number of amides is 2. The van der Waals surface area contributed by atoms with Gasteiger partial charge in [0.2, 0.25) is 0 Å². The van der Waals surface area contributed by atoms with Crippen LogP contribution in [0.1, 0.15) is 24.9 Å². The largest absolute Gasteiger partial charge is 0.495 e. The van der Waals surface area contributed by atoms with Crippen molar-refractivity contribution in [2.45, 2.75) is 25.8 Å². The molecule has 6 nitrogen and oxygen atoms in total. The molecule has 24 heavy (non-hydrogen) atoms. The van der Waals surface area contributed by atoms with Crippen molar-refractivity contribution in [1.29, 1.82) is 0 Å². The highest BCUT2D eigenvalue weighted by molar-refractivity contribution is 5.74. The van der Waals surface area contributed by atoms with Gasteiger partial charge in [-0.25, -0.2) is 13.6 Å². The fraction of sp³-hybridized carbons (Fsp3) is 0.625. The number of halogens is 2. The molecule has 1 aromatic rings. The third-order valence-electron chi connectivity index (χ3n) is 4.11. The molecule has 134 valence electrons. The summed E-state index contributed by atoms with van der Waals surface area (Å²) in [6.45, 7) is 3.69. The molecule has 2 heterocycles. The molecule has 0 spiro atoms. The second-order valence-corrected chi connectivity index (χ2v) is 5.82. The van der Waals surface area contributed by atoms with Gasteiger partial charge < -0.3 is 15.0 Å². The van der Waals surface area contributed by atoms with Crippen molar-refractivity contribution in [3.05, 3.63) is 24.0 Å². The van der Waals surface area contributed by atoms with Crippen LogP contribution in [-0.4, -0.2) is 67.1 Å². The Morgan fingerprint density at radius 3 is 2.88 bits per heavy atom. The first-order valence-electron chi connectivity index (χ1n) is 8.05. The molecular weight excluding hydrogens is 318 g/mol. The first kappa shape index (κ1) is 18.4. The number of pyridine rings is 1. The van der Waals surface area contributed by atoms with E-state index in [0.717, 1.165) is 5.56 Å². The zero-order valence-corrected chi connectivity index (χ0v) is 14.0. The number of urea groups is 1. The second kappa shape index (κ2) is 8.77. The average molecular weight is 342 g/mol. The molecule has 0 unspecified atom stereocenters. The fourth-order valence-electron chi connectivity index (χ4n) is 2.83. The van der Waals surface area contributed by atoms with Crippen molar-refractivity contribution in [3.63, 3.8) is 0 Å². The van der Waals surface area contributed by atoms with Crippen molar-refractivity contribution in [2.24, 2.45) is 0 Å². The summed E-state index contributed by atoms with van der Waals surface area (Å²) in [5.41, 5.74) is 0.843. The van der Waals surface area contributed by atoms with Crippen molar-refractivity contribution < 1.29 is 18.3 Å². The molecule has 0 aromatic carbocycles. The van der Waals surface area contributed by atoms with E-state index >= 15 is 0 Å². The number of carbonyl (C=O) groups excluding carboxylic acids is 1. The molecule has 1 atom stereocenters. The predicted molar refractivity (Wildman–Crippen MR) is 86.4 cm³/mol. The van der Waals surface area contributed by atoms with Gasteiger partial charge in [0.25, 0.3) is 6.43 Å². The Kier molecular flexibility index (Phi) is 6.72. The van der Waals surface area contributed by atoms with Gasteiger partial charge in [-0.3, -0.25) is 9.88 Å². The quantitative estimate of drug-likeness (QED) is 0.891. The number of nitrogens with zero attached hydrogens (tertiary/aromatic N) is 3. The number of ether oxygens (including phenoxy) is 1. The minimum Gasteiger partial charge on any atom is -0.495 e. The lowest BCUT2D eigenvalue weighted by atomic mass is 10.1. The molecule has 2 amide bonds. The summed E-state index contributed by atoms with van der Waals surface area (Å²) < 4.78 is 30.2. The summed E-state index contributed by atoms with van der Waals surface area (Å²) in [6, 6.07) is 1.37. The normalized spacial score (nSPS) is 17.5. The van der Waals surface area contributed by atoms with Crippen LogP contribution < -0.4 is 10.1 Å². The Labute approximate surface area is 140 Å². The number of aromatic nitrogens is 1. The first-order valence-corrected chi connectivity index (χ1v) is 8.05. The highest BCUT2D eigenvalue weighted by Gasteiger charge is 2.22. The Morgan fingerprint density at radius 1 is 1.38 bits per heavy atom. The van der Waals surface area contributed by atoms with E-state index in [1.54, 1.807) is 35.4 Å². The minimum atomic E-state index is -2.34. The molecule has 0 saturated carbocycles. The van der Waals surface area contributed by atoms with Crippen LogP contribution in [-0.2, 0) is 0 Å². The summed E-state index contributed by atoms with van der Waals surface area (Å²) in [4.78, 5) is 19.8. The molecule has 0 bridgehead atoms. The molecular formula is C16H24F2N4O2. The summed E-state index contributed by atoms with van der Waals surface area (Å²) in [6.07, 6.45) is 1.60. The topological polar surface area (TPSA) is 57.7 Å². The van der Waals surface area contributed by atoms with Gasteiger partial charge in [-0.15, -0.1) is 0 Å². The Morgan fingerprint density at radius 2 is 2.17 bits per heavy atom. The smallest absolute Gasteiger partial charge is 0.317 e. The fourth-order valence-corrected chi connectivity index (χ4v) is 2.83. The maximum atomic E-state index is 12.5. The van der Waals surface area contributed by atoms with E-state index in [2.05, 4.69) is 10.3 Å². The van der Waals surface area contributed by atoms with Crippen molar-refractivity contribution in [2.75, 3.05) is 39.8 Å². The summed E-state index contributed by atoms with van der Waals surface area (Å²) in [5.74, 6) is 0.615. The van der Waals surface area contributed by atoms with Gasteiger partial charge in [0, 0.05) is 37.9 Å². The number of hydrogen-bond donors (Lipinski definition) is 1. The number of nitrogens with one attached hydrogen (secondary N) is 1. The van der Waals surface area contributed by atoms with E-state index in [0.29, 0.717) is 38.3 Å². The summed E-state index contributed by atoms with van der Waals surface area (Å²) >= 11 is 0. The number of methoxy groups -OCH3 is 1. The standard InChI is InChI=1S/C16H24F2N4O2/c1-12(13-4-5-19-10-14(13)24-2)20-16(23)22-7-3-6-21(8-9-22)11-15(17)18/h4-5,10,12,15H,3,6-9,11H2,1-2H3,(H,20,23)/t12-/m0/s1. The molecule has 1 aliphatic rings. The Balaban J connectivity index is 1.92. The lowest BCUT2D eigenvalue weighted by Crippen LogP contribution is -2.43. The monoisotopic (exact) mass is 342 g/mol. The van der Waals surface area contributed by atoms with Crippen LogP contribution in [0.15, 0.2) is 18.5 Å². The van der Waals surface area contributed by atoms with Gasteiger partial charge in [-0.1, -0.05) is 0 Å². The van der Waals surface area contributed by atoms with E-state index < -0.39 is 6.43 Å². The highest BCUT2D eigenvalue weighted by atomic mass is 19.3. The van der Waals surface area contributed by atoms with Crippen LogP contribution in [0.2, 0.25) is 0 Å². The summed E-state index contributed by atoms with van der Waals surface area (Å²) in [5, 5.41) is 2.94. The number of alkyl halides is 2. The van der Waals surface area contributed by atoms with Crippen LogP contribution in [0.25, 0.3) is 0 Å². The third kappa shape index (κ3) is 5.02. The van der Waals surface area contributed by atoms with Crippen LogP contribution in [0.5, 0.6) is 5.75 Å². The van der Waals surface area contributed by atoms with E-state index in [1.165, 1.54) is 0 Å². The number of rotatable bonds is 5. The van der Waals surface area contributed by atoms with E-state index in [1.807, 2.05) is 6.92 Å². The van der Waals surface area contributed by atoms with E-state index in [4.69, 9.17) is 4.74 Å². The van der Waals surface area contributed by atoms with Gasteiger partial charge in [0.15, 0.2) is 0 Å². The van der Waals surface area contributed by atoms with Crippen molar-refractivity contribution in [1.82, 2.24) is 20.1 Å². The molecule has 2 rings (SSSR count). The van der Waals surface area contributed by atoms with E-state index in [9.17, 15) is 13.6 Å². The zero-order valence-electron chi connectivity index (χ0n) is 14.0. The molecule has 1 N–H and O–H groups in total. The van der Waals surface area contributed by atoms with Crippen molar-refractivity contribution in [3.8, 4) is 5.75 Å². The van der Waals surface area contributed by atoms with Crippen LogP contribution in [0.4, 0.5) is 13.6 Å². The molecule has 1 saturated heterocycles. The SMILES string of the molecule is COc1cnccc1[C@H](C)NC(=O)N1CCCN(CC(F)F)CC1. The molecule has 1 aliphatic heterocycles. The third-order valence-corrected chi connectivity index (χ3v) is 4.11. The Hall–Kier alpha value is -1.96. The zero-order chi connectivity index (χ0) is 17.5. The number of carbonyl (C=O) groups is 1. The molecule has 8 heteroatoms. The van der Waals surface area contributed by atoms with Gasteiger partial charge in [0.05, 0.1) is 25.9 Å². The maximum Gasteiger partial charge on any atom is 0.317 e. The minimum absolute atomic E-state index is 0.194. The average Bonchev–Trinajstić information content (AvgIpc) is 2.79. The second-order valence-electron chi connectivity index (χ2n) is 5.82. The first-order chi connectivity index (χ1) is 11.5. The molecule has 0 radical (unpaired) electrons. The van der Waals surface area contributed by atoms with Crippen LogP contribution in [0.3, 0.4) is 0 Å². The molecule has 0 aliphatic carbocycles. The van der Waals surface area contributed by atoms with Gasteiger partial charge in [-0.2, -0.15) is 0 Å². The highest BCUT2D eigenvalue weighted by Crippen LogP contribution is 2.23. The van der Waals surface area contributed by atoms with Crippen LogP contribution in [0, 0.1) is 0 Å². The van der Waals surface area contributed by atoms with Gasteiger partial charge in [0.1, 0.15) is 5.75 Å². The lowest BCUT2D eigenvalue weighted by molar-refractivity contribution is 0.0903. The van der Waals surface area contributed by atoms with E-state index in [-0.39, 0.29) is 18.6 Å². The van der Waals surface area contributed by atoms with Crippen molar-refractivity contribution >= 4 is 6.03 Å². The predicted octanol–water partition coefficient (Wildman–Crippen LogP) is 2.13. The lowest BCUT2D eigenvalue weighted by Gasteiger charge is -2.25. The van der Waals surface area contributed by atoms with Gasteiger partial charge in [-0.05, 0) is 19.4 Å². The maximum absolute atomic E-state index is 12.5. The van der Waals surface area contributed by atoms with Crippen LogP contribution >= 0.6 is 0 Å².